The third-order valence-corrected chi connectivity index (χ3v) is 5.38. The summed E-state index contributed by atoms with van der Waals surface area (Å²) in [7, 11) is 1.99. The SMILES string of the molecule is Cn1cnnc1C1CCN(C(=O)C2(c3ccccc3)CC2)CC1. The average Bonchev–Trinajstić information content (AvgIpc) is 3.31. The summed E-state index contributed by atoms with van der Waals surface area (Å²) in [5.41, 5.74) is 0.944. The van der Waals surface area contributed by atoms with Crippen molar-refractivity contribution >= 4 is 5.91 Å². The van der Waals surface area contributed by atoms with E-state index in [4.69, 9.17) is 0 Å². The highest BCUT2D eigenvalue weighted by Gasteiger charge is 2.53. The molecule has 5 heteroatoms. The van der Waals surface area contributed by atoms with Gasteiger partial charge in [-0.3, -0.25) is 4.79 Å². The Morgan fingerprint density at radius 3 is 2.43 bits per heavy atom. The van der Waals surface area contributed by atoms with Crippen LogP contribution in [0.4, 0.5) is 0 Å². The van der Waals surface area contributed by atoms with Gasteiger partial charge in [-0.2, -0.15) is 0 Å². The number of carbonyl (C=O) groups excluding carboxylic acids is 1. The number of hydrogen-bond acceptors (Lipinski definition) is 3. The maximum absolute atomic E-state index is 13.0. The van der Waals surface area contributed by atoms with Crippen LogP contribution < -0.4 is 0 Å². The van der Waals surface area contributed by atoms with E-state index in [2.05, 4.69) is 27.2 Å². The Hall–Kier alpha value is -2.17. The van der Waals surface area contributed by atoms with Gasteiger partial charge in [-0.15, -0.1) is 10.2 Å². The molecule has 1 amide bonds. The molecule has 0 radical (unpaired) electrons. The molecule has 2 heterocycles. The number of benzene rings is 1. The van der Waals surface area contributed by atoms with Crippen LogP contribution in [-0.4, -0.2) is 38.7 Å². The van der Waals surface area contributed by atoms with E-state index in [1.54, 1.807) is 6.33 Å². The molecule has 5 nitrogen and oxygen atoms in total. The first-order valence-electron chi connectivity index (χ1n) is 8.39. The molecule has 23 heavy (non-hydrogen) atoms. The molecule has 2 fully saturated rings. The van der Waals surface area contributed by atoms with E-state index in [1.807, 2.05) is 29.8 Å². The second-order valence-corrected chi connectivity index (χ2v) is 6.81. The van der Waals surface area contributed by atoms with Gasteiger partial charge in [0.05, 0.1) is 5.41 Å². The van der Waals surface area contributed by atoms with Crippen LogP contribution in [0.3, 0.4) is 0 Å². The minimum absolute atomic E-state index is 0.237. The zero-order valence-corrected chi connectivity index (χ0v) is 13.5. The number of carbonyl (C=O) groups is 1. The van der Waals surface area contributed by atoms with E-state index < -0.39 is 0 Å². The van der Waals surface area contributed by atoms with Crippen LogP contribution in [0, 0.1) is 0 Å². The Kier molecular flexibility index (Phi) is 3.43. The standard InChI is InChI=1S/C18H22N4O/c1-21-13-19-20-16(21)14-7-11-22(12-8-14)17(23)18(9-10-18)15-5-3-2-4-6-15/h2-6,13-14H,7-12H2,1H3. The van der Waals surface area contributed by atoms with Crippen LogP contribution in [0.5, 0.6) is 0 Å². The molecule has 1 saturated carbocycles. The van der Waals surface area contributed by atoms with E-state index in [1.165, 1.54) is 5.56 Å². The Bertz CT molecular complexity index is 697. The molecule has 1 aliphatic carbocycles. The summed E-state index contributed by atoms with van der Waals surface area (Å²) in [4.78, 5) is 15.1. The molecule has 1 saturated heterocycles. The van der Waals surface area contributed by atoms with Crippen LogP contribution >= 0.6 is 0 Å². The van der Waals surface area contributed by atoms with E-state index in [0.29, 0.717) is 11.8 Å². The molecular formula is C18H22N4O. The van der Waals surface area contributed by atoms with Crippen molar-refractivity contribution in [3.63, 3.8) is 0 Å². The Labute approximate surface area is 136 Å². The van der Waals surface area contributed by atoms with Gasteiger partial charge in [-0.25, -0.2) is 0 Å². The van der Waals surface area contributed by atoms with Crippen molar-refractivity contribution in [3.8, 4) is 0 Å². The lowest BCUT2D eigenvalue weighted by molar-refractivity contribution is -0.135. The van der Waals surface area contributed by atoms with E-state index in [-0.39, 0.29) is 5.41 Å². The average molecular weight is 310 g/mol. The summed E-state index contributed by atoms with van der Waals surface area (Å²) in [5, 5.41) is 8.20. The van der Waals surface area contributed by atoms with E-state index in [0.717, 1.165) is 44.6 Å². The van der Waals surface area contributed by atoms with Crippen molar-refractivity contribution in [3.05, 3.63) is 48.0 Å². The first-order valence-corrected chi connectivity index (χ1v) is 8.39. The summed E-state index contributed by atoms with van der Waals surface area (Å²) in [6.07, 6.45) is 5.67. The molecule has 0 unspecified atom stereocenters. The zero-order chi connectivity index (χ0) is 15.9. The molecule has 4 rings (SSSR count). The molecule has 1 aromatic carbocycles. The largest absolute Gasteiger partial charge is 0.342 e. The summed E-state index contributed by atoms with van der Waals surface area (Å²) in [5.74, 6) is 1.78. The monoisotopic (exact) mass is 310 g/mol. The third kappa shape index (κ3) is 2.44. The minimum atomic E-state index is -0.237. The van der Waals surface area contributed by atoms with Crippen molar-refractivity contribution in [1.82, 2.24) is 19.7 Å². The molecule has 120 valence electrons. The van der Waals surface area contributed by atoms with Gasteiger partial charge in [-0.1, -0.05) is 30.3 Å². The highest BCUT2D eigenvalue weighted by atomic mass is 16.2. The normalized spacial score (nSPS) is 20.5. The topological polar surface area (TPSA) is 51.0 Å². The fourth-order valence-electron chi connectivity index (χ4n) is 3.81. The molecule has 0 bridgehead atoms. The fraction of sp³-hybridized carbons (Fsp3) is 0.500. The summed E-state index contributed by atoms with van der Waals surface area (Å²) in [6.45, 7) is 1.65. The zero-order valence-electron chi connectivity index (χ0n) is 13.5. The second-order valence-electron chi connectivity index (χ2n) is 6.81. The maximum Gasteiger partial charge on any atom is 0.233 e. The van der Waals surface area contributed by atoms with Gasteiger partial charge < -0.3 is 9.47 Å². The molecule has 1 aliphatic heterocycles. The Morgan fingerprint density at radius 2 is 1.87 bits per heavy atom. The van der Waals surface area contributed by atoms with Crippen LogP contribution in [0.1, 0.15) is 43.0 Å². The number of nitrogens with zero attached hydrogens (tertiary/aromatic N) is 4. The van der Waals surface area contributed by atoms with Crippen LogP contribution in [0.2, 0.25) is 0 Å². The minimum Gasteiger partial charge on any atom is -0.342 e. The Morgan fingerprint density at radius 1 is 1.17 bits per heavy atom. The van der Waals surface area contributed by atoms with Crippen LogP contribution in [-0.2, 0) is 17.3 Å². The fourth-order valence-corrected chi connectivity index (χ4v) is 3.81. The Balaban J connectivity index is 1.45. The summed E-state index contributed by atoms with van der Waals surface area (Å²) in [6, 6.07) is 10.3. The van der Waals surface area contributed by atoms with Crippen LogP contribution in [0.25, 0.3) is 0 Å². The van der Waals surface area contributed by atoms with Crippen molar-refractivity contribution in [1.29, 1.82) is 0 Å². The lowest BCUT2D eigenvalue weighted by Crippen LogP contribution is -2.43. The number of rotatable bonds is 3. The van der Waals surface area contributed by atoms with Gasteiger partial charge in [0, 0.05) is 26.1 Å². The summed E-state index contributed by atoms with van der Waals surface area (Å²) >= 11 is 0. The second kappa shape index (κ2) is 5.48. The molecular weight excluding hydrogens is 288 g/mol. The molecule has 0 spiro atoms. The van der Waals surface area contributed by atoms with Gasteiger partial charge in [0.25, 0.3) is 0 Å². The van der Waals surface area contributed by atoms with Crippen LogP contribution in [0.15, 0.2) is 36.7 Å². The van der Waals surface area contributed by atoms with Gasteiger partial charge >= 0.3 is 0 Å². The molecule has 0 atom stereocenters. The number of likely N-dealkylation sites (tertiary alicyclic amines) is 1. The van der Waals surface area contributed by atoms with Crippen molar-refractivity contribution < 1.29 is 4.79 Å². The van der Waals surface area contributed by atoms with Gasteiger partial charge in [0.2, 0.25) is 5.91 Å². The smallest absolute Gasteiger partial charge is 0.233 e. The molecule has 0 N–H and O–H groups in total. The number of hydrogen-bond donors (Lipinski definition) is 0. The van der Waals surface area contributed by atoms with Gasteiger partial charge in [0.15, 0.2) is 0 Å². The maximum atomic E-state index is 13.0. The predicted octanol–water partition coefficient (Wildman–Crippen LogP) is 2.25. The quantitative estimate of drug-likeness (QED) is 0.874. The lowest BCUT2D eigenvalue weighted by Gasteiger charge is -2.34. The molecule has 2 aliphatic rings. The van der Waals surface area contributed by atoms with Gasteiger partial charge in [0.1, 0.15) is 12.2 Å². The highest BCUT2D eigenvalue weighted by molar-refractivity contribution is 5.91. The first-order chi connectivity index (χ1) is 11.2. The van der Waals surface area contributed by atoms with Crippen molar-refractivity contribution in [2.24, 2.45) is 7.05 Å². The highest BCUT2D eigenvalue weighted by Crippen LogP contribution is 2.50. The predicted molar refractivity (Wildman–Crippen MR) is 86.9 cm³/mol. The number of amides is 1. The lowest BCUT2D eigenvalue weighted by atomic mass is 9.91. The van der Waals surface area contributed by atoms with Crippen molar-refractivity contribution in [2.45, 2.75) is 37.0 Å². The van der Waals surface area contributed by atoms with Crippen molar-refractivity contribution in [2.75, 3.05) is 13.1 Å². The number of aryl methyl sites for hydroxylation is 1. The van der Waals surface area contributed by atoms with Gasteiger partial charge in [-0.05, 0) is 31.2 Å². The summed E-state index contributed by atoms with van der Waals surface area (Å²) < 4.78 is 1.99. The first kappa shape index (κ1) is 14.4. The number of piperidine rings is 1. The number of aromatic nitrogens is 3. The van der Waals surface area contributed by atoms with E-state index in [9.17, 15) is 4.79 Å². The third-order valence-electron chi connectivity index (χ3n) is 5.38. The molecule has 2 aromatic rings. The van der Waals surface area contributed by atoms with E-state index >= 15 is 0 Å². The molecule has 1 aromatic heterocycles.